The highest BCUT2D eigenvalue weighted by atomic mass is 16.6. The molecule has 0 radical (unpaired) electrons. The largest absolute Gasteiger partial charge is 0.373 e. The summed E-state index contributed by atoms with van der Waals surface area (Å²) in [5, 5.41) is 11.3. The van der Waals surface area contributed by atoms with Gasteiger partial charge in [-0.05, 0) is 32.8 Å². The molecule has 0 saturated heterocycles. The Bertz CT molecular complexity index is 524. The van der Waals surface area contributed by atoms with E-state index in [4.69, 9.17) is 4.74 Å². The third kappa shape index (κ3) is 3.91. The van der Waals surface area contributed by atoms with Gasteiger partial charge in [0.15, 0.2) is 0 Å². The molecule has 1 aromatic carbocycles. The molecule has 0 fully saturated rings. The third-order valence-electron chi connectivity index (χ3n) is 4.51. The lowest BCUT2D eigenvalue weighted by Crippen LogP contribution is -2.39. The Morgan fingerprint density at radius 1 is 1.24 bits per heavy atom. The number of nitro groups is 1. The maximum absolute atomic E-state index is 11.3. The van der Waals surface area contributed by atoms with Crippen molar-refractivity contribution in [2.75, 3.05) is 0 Å². The average molecular weight is 289 g/mol. The number of rotatable bonds is 5. The summed E-state index contributed by atoms with van der Waals surface area (Å²) >= 11 is 0. The molecule has 0 aliphatic heterocycles. The summed E-state index contributed by atoms with van der Waals surface area (Å²) in [5.74, 6) is -0.0487. The van der Waals surface area contributed by atoms with Crippen molar-refractivity contribution >= 4 is 0 Å². The zero-order valence-electron chi connectivity index (χ0n) is 12.9. The highest BCUT2D eigenvalue weighted by Gasteiger charge is 2.39. The summed E-state index contributed by atoms with van der Waals surface area (Å²) in [4.78, 5) is 11.2. The second kappa shape index (κ2) is 6.85. The van der Waals surface area contributed by atoms with Crippen LogP contribution in [0, 0.1) is 16.0 Å². The Morgan fingerprint density at radius 2 is 1.86 bits per heavy atom. The van der Waals surface area contributed by atoms with Gasteiger partial charge in [-0.2, -0.15) is 0 Å². The number of benzene rings is 1. The quantitative estimate of drug-likeness (QED) is 0.468. The lowest BCUT2D eigenvalue weighted by molar-refractivity contribution is -0.535. The van der Waals surface area contributed by atoms with Gasteiger partial charge >= 0.3 is 0 Å². The predicted octanol–water partition coefficient (Wildman–Crippen LogP) is 3.98. The Balaban J connectivity index is 2.02. The molecular formula is C17H23NO3. The van der Waals surface area contributed by atoms with E-state index in [-0.39, 0.29) is 16.9 Å². The van der Waals surface area contributed by atoms with Crippen LogP contribution in [0.25, 0.3) is 0 Å². The van der Waals surface area contributed by atoms with E-state index in [0.717, 1.165) is 17.6 Å². The fourth-order valence-electron chi connectivity index (χ4n) is 2.94. The second-order valence-electron chi connectivity index (χ2n) is 5.99. The first-order chi connectivity index (χ1) is 9.99. The van der Waals surface area contributed by atoms with Crippen LogP contribution >= 0.6 is 0 Å². The van der Waals surface area contributed by atoms with Crippen LogP contribution in [0.5, 0.6) is 0 Å². The van der Waals surface area contributed by atoms with Crippen LogP contribution in [0.15, 0.2) is 41.5 Å². The summed E-state index contributed by atoms with van der Waals surface area (Å²) in [5.41, 5.74) is 3.53. The van der Waals surface area contributed by atoms with Crippen molar-refractivity contribution < 1.29 is 9.66 Å². The molecule has 0 spiro atoms. The van der Waals surface area contributed by atoms with Crippen LogP contribution in [0.2, 0.25) is 0 Å². The van der Waals surface area contributed by atoms with Crippen LogP contribution in [-0.2, 0) is 11.3 Å². The van der Waals surface area contributed by atoms with E-state index in [1.165, 1.54) is 5.57 Å². The van der Waals surface area contributed by atoms with Crippen molar-refractivity contribution in [2.24, 2.45) is 5.92 Å². The molecule has 2 rings (SSSR count). The molecular weight excluding hydrogens is 266 g/mol. The van der Waals surface area contributed by atoms with Crippen LogP contribution < -0.4 is 0 Å². The number of hydrogen-bond donors (Lipinski definition) is 0. The first-order valence-corrected chi connectivity index (χ1v) is 7.43. The molecule has 114 valence electrons. The fraction of sp³-hybridized carbons (Fsp3) is 0.529. The van der Waals surface area contributed by atoms with Gasteiger partial charge in [-0.15, -0.1) is 0 Å². The minimum absolute atomic E-state index is 0.0487. The normalized spacial score (nSPS) is 24.0. The van der Waals surface area contributed by atoms with E-state index >= 15 is 0 Å². The van der Waals surface area contributed by atoms with Gasteiger partial charge in [-0.1, -0.05) is 41.5 Å². The Hall–Kier alpha value is -1.68. The van der Waals surface area contributed by atoms with Gasteiger partial charge < -0.3 is 4.74 Å². The van der Waals surface area contributed by atoms with Crippen LogP contribution in [0.1, 0.15) is 39.2 Å². The fourth-order valence-corrected chi connectivity index (χ4v) is 2.94. The van der Waals surface area contributed by atoms with Gasteiger partial charge in [0.2, 0.25) is 6.04 Å². The van der Waals surface area contributed by atoms with E-state index in [1.807, 2.05) is 44.2 Å². The van der Waals surface area contributed by atoms with Crippen molar-refractivity contribution in [3.63, 3.8) is 0 Å². The molecule has 1 aliphatic carbocycles. The minimum atomic E-state index is -0.528. The summed E-state index contributed by atoms with van der Waals surface area (Å²) in [6.07, 6.45) is 1.18. The minimum Gasteiger partial charge on any atom is -0.373 e. The lowest BCUT2D eigenvalue weighted by Gasteiger charge is -2.31. The number of nitrogens with zero attached hydrogens (tertiary/aromatic N) is 1. The summed E-state index contributed by atoms with van der Waals surface area (Å²) in [6, 6.07) is 9.40. The molecule has 0 aromatic heterocycles. The highest BCUT2D eigenvalue weighted by molar-refractivity contribution is 5.17. The van der Waals surface area contributed by atoms with Gasteiger partial charge in [-0.25, -0.2) is 0 Å². The van der Waals surface area contributed by atoms with E-state index in [2.05, 4.69) is 6.92 Å². The average Bonchev–Trinajstić information content (AvgIpc) is 2.48. The Kier molecular flexibility index (Phi) is 5.12. The number of allylic oxidation sites excluding steroid dienone is 1. The zero-order chi connectivity index (χ0) is 15.4. The first-order valence-electron chi connectivity index (χ1n) is 7.43. The van der Waals surface area contributed by atoms with E-state index in [0.29, 0.717) is 13.0 Å². The highest BCUT2D eigenvalue weighted by Crippen LogP contribution is 2.34. The van der Waals surface area contributed by atoms with Gasteiger partial charge in [0.05, 0.1) is 18.6 Å². The van der Waals surface area contributed by atoms with Crippen molar-refractivity contribution in [1.29, 1.82) is 0 Å². The summed E-state index contributed by atoms with van der Waals surface area (Å²) < 4.78 is 5.90. The molecule has 21 heavy (non-hydrogen) atoms. The lowest BCUT2D eigenvalue weighted by atomic mass is 9.79. The number of ether oxygens (including phenoxy) is 1. The van der Waals surface area contributed by atoms with Crippen molar-refractivity contribution in [3.8, 4) is 0 Å². The molecule has 0 amide bonds. The SMILES string of the molecule is CC1=C(C)C[C@@H]([N+](=O)[O-])[C@H]([C@H](C)OCc2ccccc2)C1. The van der Waals surface area contributed by atoms with Crippen molar-refractivity contribution in [2.45, 2.75) is 52.4 Å². The molecule has 1 aliphatic rings. The Morgan fingerprint density at radius 3 is 2.48 bits per heavy atom. The predicted molar refractivity (Wildman–Crippen MR) is 82.6 cm³/mol. The van der Waals surface area contributed by atoms with Gasteiger partial charge in [0.25, 0.3) is 0 Å². The topological polar surface area (TPSA) is 52.4 Å². The maximum Gasteiger partial charge on any atom is 0.222 e. The monoisotopic (exact) mass is 289 g/mol. The molecule has 1 aromatic rings. The third-order valence-corrected chi connectivity index (χ3v) is 4.51. The molecule has 4 heteroatoms. The van der Waals surface area contributed by atoms with E-state index < -0.39 is 6.04 Å². The van der Waals surface area contributed by atoms with Crippen LogP contribution in [0.4, 0.5) is 0 Å². The summed E-state index contributed by atoms with van der Waals surface area (Å²) in [7, 11) is 0. The van der Waals surface area contributed by atoms with Gasteiger partial charge in [-0.3, -0.25) is 10.1 Å². The molecule has 0 N–H and O–H groups in total. The molecule has 0 unspecified atom stereocenters. The van der Waals surface area contributed by atoms with Crippen LogP contribution in [0.3, 0.4) is 0 Å². The van der Waals surface area contributed by atoms with Crippen molar-refractivity contribution in [3.05, 3.63) is 57.2 Å². The first kappa shape index (κ1) is 15.7. The zero-order valence-corrected chi connectivity index (χ0v) is 12.9. The Labute approximate surface area is 126 Å². The standard InChI is InChI=1S/C17H23NO3/c1-12-9-16(17(18(19)20)10-13(12)2)14(3)21-11-15-7-5-4-6-8-15/h4-8,14,16-17H,9-11H2,1-3H3/t14-,16-,17+/m0/s1. The smallest absolute Gasteiger partial charge is 0.222 e. The van der Waals surface area contributed by atoms with E-state index in [1.54, 1.807) is 0 Å². The number of hydrogen-bond acceptors (Lipinski definition) is 3. The maximum atomic E-state index is 11.3. The van der Waals surface area contributed by atoms with Gasteiger partial charge in [0, 0.05) is 11.3 Å². The molecule has 0 saturated carbocycles. The molecule has 4 nitrogen and oxygen atoms in total. The van der Waals surface area contributed by atoms with Crippen molar-refractivity contribution in [1.82, 2.24) is 0 Å². The molecule has 3 atom stereocenters. The van der Waals surface area contributed by atoms with E-state index in [9.17, 15) is 10.1 Å². The molecule has 0 heterocycles. The summed E-state index contributed by atoms with van der Waals surface area (Å²) in [6.45, 7) is 6.53. The van der Waals surface area contributed by atoms with Gasteiger partial charge in [0.1, 0.15) is 0 Å². The molecule has 0 bridgehead atoms. The van der Waals surface area contributed by atoms with Crippen LogP contribution in [-0.4, -0.2) is 17.1 Å². The second-order valence-corrected chi connectivity index (χ2v) is 5.99.